The third kappa shape index (κ3) is 3.92. The number of aromatic nitrogens is 4. The van der Waals surface area contributed by atoms with Gasteiger partial charge in [-0.25, -0.2) is 21.6 Å². The third-order valence-electron chi connectivity index (χ3n) is 4.87. The molecule has 4 aromatic rings. The predicted octanol–water partition coefficient (Wildman–Crippen LogP) is 3.56. The van der Waals surface area contributed by atoms with Crippen molar-refractivity contribution in [2.75, 3.05) is 11.8 Å². The number of rotatable bonds is 5. The van der Waals surface area contributed by atoms with E-state index in [1.54, 1.807) is 0 Å². The highest BCUT2D eigenvalue weighted by molar-refractivity contribution is 7.92. The van der Waals surface area contributed by atoms with Gasteiger partial charge in [0.25, 0.3) is 15.9 Å². The van der Waals surface area contributed by atoms with E-state index in [9.17, 15) is 17.6 Å². The summed E-state index contributed by atoms with van der Waals surface area (Å²) in [5.41, 5.74) is -2.72. The number of H-pyrrole nitrogens is 1. The summed E-state index contributed by atoms with van der Waals surface area (Å²) in [5.74, 6) is -4.42. The molecule has 0 spiro atoms. The molecule has 34 heavy (non-hydrogen) atoms. The van der Waals surface area contributed by atoms with E-state index in [2.05, 4.69) is 25.5 Å². The standard InChI is InChI=1S/C20H14ClF3N6O3S/c1-8-13(5-9(21)6-26-8)34(32,33)30-12-4-3-11(22)14(15(12)23)19-16(24)17-10(7-27-19)18(29-28-17)20(31)25-2/h3-7,30H,1-2H3,(H,25,31)(H,28,29). The number of aryl methyl sites for hydroxylation is 1. The number of fused-ring (bicyclic) bond motifs is 1. The van der Waals surface area contributed by atoms with Gasteiger partial charge in [0.05, 0.1) is 27.4 Å². The van der Waals surface area contributed by atoms with Gasteiger partial charge in [-0.05, 0) is 25.1 Å². The minimum atomic E-state index is -4.39. The van der Waals surface area contributed by atoms with Crippen molar-refractivity contribution < 1.29 is 26.4 Å². The summed E-state index contributed by atoms with van der Waals surface area (Å²) < 4.78 is 72.7. The van der Waals surface area contributed by atoms with Gasteiger partial charge >= 0.3 is 0 Å². The normalized spacial score (nSPS) is 11.6. The van der Waals surface area contributed by atoms with Crippen LogP contribution >= 0.6 is 11.6 Å². The average molecular weight is 511 g/mol. The molecule has 0 aliphatic rings. The van der Waals surface area contributed by atoms with Gasteiger partial charge in [-0.3, -0.25) is 24.6 Å². The maximum atomic E-state index is 15.3. The molecule has 0 bridgehead atoms. The molecule has 3 N–H and O–H groups in total. The van der Waals surface area contributed by atoms with Crippen molar-refractivity contribution in [2.45, 2.75) is 11.8 Å². The molecule has 3 aromatic heterocycles. The Balaban J connectivity index is 1.83. The van der Waals surface area contributed by atoms with Crippen LogP contribution in [0.5, 0.6) is 0 Å². The summed E-state index contributed by atoms with van der Waals surface area (Å²) >= 11 is 5.82. The Bertz CT molecular complexity index is 1580. The summed E-state index contributed by atoms with van der Waals surface area (Å²) in [6, 6.07) is 2.72. The number of carbonyl (C=O) groups excluding carboxylic acids is 1. The average Bonchev–Trinajstić information content (AvgIpc) is 3.23. The Morgan fingerprint density at radius 1 is 1.12 bits per heavy atom. The molecule has 14 heteroatoms. The number of nitrogens with one attached hydrogen (secondary N) is 3. The highest BCUT2D eigenvalue weighted by atomic mass is 35.5. The number of aromatic amines is 1. The number of hydrogen-bond acceptors (Lipinski definition) is 6. The SMILES string of the molecule is CNC(=O)c1n[nH]c2c(F)c(-c3c(F)ccc(NS(=O)(=O)c4cc(Cl)cnc4C)c3F)ncc12. The minimum absolute atomic E-state index is 0.0118. The maximum Gasteiger partial charge on any atom is 0.272 e. The topological polar surface area (TPSA) is 130 Å². The summed E-state index contributed by atoms with van der Waals surface area (Å²) in [6.07, 6.45) is 2.26. The lowest BCUT2D eigenvalue weighted by Gasteiger charge is -2.13. The smallest absolute Gasteiger partial charge is 0.272 e. The molecule has 1 aromatic carbocycles. The molecule has 0 saturated carbocycles. The Kier molecular flexibility index (Phi) is 5.91. The molecule has 0 aliphatic heterocycles. The lowest BCUT2D eigenvalue weighted by molar-refractivity contribution is 0.0959. The maximum absolute atomic E-state index is 15.3. The van der Waals surface area contributed by atoms with Crippen LogP contribution in [0, 0.1) is 24.4 Å². The number of pyridine rings is 2. The van der Waals surface area contributed by atoms with Crippen molar-refractivity contribution in [3.63, 3.8) is 0 Å². The molecule has 9 nitrogen and oxygen atoms in total. The van der Waals surface area contributed by atoms with E-state index >= 15 is 8.78 Å². The molecule has 1 amide bonds. The molecule has 0 aliphatic carbocycles. The Hall–Kier alpha value is -3.71. The van der Waals surface area contributed by atoms with Crippen LogP contribution in [0.4, 0.5) is 18.9 Å². The largest absolute Gasteiger partial charge is 0.354 e. The number of nitrogens with zero attached hydrogens (tertiary/aromatic N) is 3. The van der Waals surface area contributed by atoms with Gasteiger partial charge in [0.15, 0.2) is 17.3 Å². The van der Waals surface area contributed by atoms with Crippen LogP contribution in [0.15, 0.2) is 35.5 Å². The van der Waals surface area contributed by atoms with E-state index in [0.717, 1.165) is 24.4 Å². The van der Waals surface area contributed by atoms with Crippen LogP contribution < -0.4 is 10.0 Å². The van der Waals surface area contributed by atoms with E-state index in [1.165, 1.54) is 20.2 Å². The lowest BCUT2D eigenvalue weighted by Crippen LogP contribution is -2.18. The van der Waals surface area contributed by atoms with Gasteiger partial charge in [-0.1, -0.05) is 11.6 Å². The van der Waals surface area contributed by atoms with Crippen molar-refractivity contribution >= 4 is 44.1 Å². The Labute approximate surface area is 195 Å². The molecule has 3 heterocycles. The molecule has 176 valence electrons. The third-order valence-corrected chi connectivity index (χ3v) is 6.55. The number of sulfonamides is 1. The number of carbonyl (C=O) groups is 1. The minimum Gasteiger partial charge on any atom is -0.354 e. The second kappa shape index (κ2) is 8.57. The zero-order valence-corrected chi connectivity index (χ0v) is 18.9. The number of amides is 1. The highest BCUT2D eigenvalue weighted by Crippen LogP contribution is 2.34. The van der Waals surface area contributed by atoms with Crippen molar-refractivity contribution in [3.8, 4) is 11.3 Å². The predicted molar refractivity (Wildman–Crippen MR) is 117 cm³/mol. The fourth-order valence-electron chi connectivity index (χ4n) is 3.22. The highest BCUT2D eigenvalue weighted by Gasteiger charge is 2.27. The first-order chi connectivity index (χ1) is 16.0. The summed E-state index contributed by atoms with van der Waals surface area (Å²) in [6.45, 7) is 1.41. The summed E-state index contributed by atoms with van der Waals surface area (Å²) in [5, 5.41) is 8.35. The first-order valence-corrected chi connectivity index (χ1v) is 11.3. The van der Waals surface area contributed by atoms with E-state index in [1.807, 2.05) is 4.72 Å². The van der Waals surface area contributed by atoms with Crippen molar-refractivity contribution in [1.29, 1.82) is 0 Å². The fraction of sp³-hybridized carbons (Fsp3) is 0.100. The zero-order valence-electron chi connectivity index (χ0n) is 17.4. The molecule has 0 atom stereocenters. The second-order valence-corrected chi connectivity index (χ2v) is 9.07. The molecule has 0 unspecified atom stereocenters. The first kappa shape index (κ1) is 23.4. The zero-order chi connectivity index (χ0) is 24.8. The van der Waals surface area contributed by atoms with Crippen LogP contribution in [0.1, 0.15) is 16.2 Å². The molecular formula is C20H14ClF3N6O3S. The monoisotopic (exact) mass is 510 g/mol. The molecule has 0 fully saturated rings. The molecule has 4 rings (SSSR count). The first-order valence-electron chi connectivity index (χ1n) is 9.43. The van der Waals surface area contributed by atoms with Crippen LogP contribution in [-0.4, -0.2) is 41.5 Å². The number of benzene rings is 1. The van der Waals surface area contributed by atoms with Gasteiger partial charge < -0.3 is 5.32 Å². The van der Waals surface area contributed by atoms with Crippen LogP contribution in [0.25, 0.3) is 22.2 Å². The van der Waals surface area contributed by atoms with Crippen LogP contribution in [-0.2, 0) is 10.0 Å². The number of hydrogen-bond donors (Lipinski definition) is 3. The van der Waals surface area contributed by atoms with E-state index in [0.29, 0.717) is 0 Å². The van der Waals surface area contributed by atoms with Crippen LogP contribution in [0.3, 0.4) is 0 Å². The van der Waals surface area contributed by atoms with Gasteiger partial charge in [0.2, 0.25) is 0 Å². The van der Waals surface area contributed by atoms with E-state index in [4.69, 9.17) is 11.6 Å². The van der Waals surface area contributed by atoms with Crippen LogP contribution in [0.2, 0.25) is 5.02 Å². The summed E-state index contributed by atoms with van der Waals surface area (Å²) in [4.78, 5) is 19.2. The van der Waals surface area contributed by atoms with E-state index in [-0.39, 0.29) is 32.2 Å². The van der Waals surface area contributed by atoms with Gasteiger partial charge in [-0.2, -0.15) is 5.10 Å². The van der Waals surface area contributed by atoms with Gasteiger partial charge in [-0.15, -0.1) is 0 Å². The summed E-state index contributed by atoms with van der Waals surface area (Å²) in [7, 11) is -3.04. The molecular weight excluding hydrogens is 497 g/mol. The van der Waals surface area contributed by atoms with Crippen molar-refractivity contribution in [3.05, 3.63) is 64.5 Å². The number of halogens is 4. The van der Waals surface area contributed by atoms with Crippen molar-refractivity contribution in [1.82, 2.24) is 25.5 Å². The lowest BCUT2D eigenvalue weighted by atomic mass is 10.1. The number of anilines is 1. The van der Waals surface area contributed by atoms with Crippen molar-refractivity contribution in [2.24, 2.45) is 0 Å². The van der Waals surface area contributed by atoms with Gasteiger partial charge in [0, 0.05) is 19.4 Å². The Morgan fingerprint density at radius 2 is 1.85 bits per heavy atom. The molecule has 0 radical (unpaired) electrons. The quantitative estimate of drug-likeness (QED) is 0.376. The molecule has 0 saturated heterocycles. The Morgan fingerprint density at radius 3 is 2.56 bits per heavy atom. The second-order valence-electron chi connectivity index (χ2n) is 6.99. The fourth-order valence-corrected chi connectivity index (χ4v) is 4.73. The van der Waals surface area contributed by atoms with Gasteiger partial charge in [0.1, 0.15) is 21.9 Å². The van der Waals surface area contributed by atoms with E-state index < -0.39 is 50.3 Å².